The Labute approximate surface area is 182 Å². The summed E-state index contributed by atoms with van der Waals surface area (Å²) in [4.78, 5) is 12.1. The van der Waals surface area contributed by atoms with E-state index in [1.807, 2.05) is 6.07 Å². The molecule has 0 saturated carbocycles. The molecule has 0 aliphatic carbocycles. The Morgan fingerprint density at radius 3 is 2.59 bits per heavy atom. The van der Waals surface area contributed by atoms with E-state index in [-0.39, 0.29) is 19.1 Å². The average molecular weight is 437 g/mol. The molecule has 2 heterocycles. The molecule has 0 radical (unpaired) electrons. The lowest BCUT2D eigenvalue weighted by Gasteiger charge is -2.10. The first-order chi connectivity index (χ1) is 15.6. The smallest absolute Gasteiger partial charge is 0.251 e. The van der Waals surface area contributed by atoms with E-state index in [0.29, 0.717) is 40.0 Å². The molecule has 4 rings (SSSR count). The van der Waals surface area contributed by atoms with Crippen molar-refractivity contribution in [3.05, 3.63) is 66.0 Å². The second-order valence-electron chi connectivity index (χ2n) is 6.64. The van der Waals surface area contributed by atoms with Crippen LogP contribution in [0.3, 0.4) is 0 Å². The van der Waals surface area contributed by atoms with Crippen molar-refractivity contribution < 1.29 is 23.4 Å². The van der Waals surface area contributed by atoms with Crippen LogP contribution in [-0.4, -0.2) is 53.1 Å². The molecular formula is C22H20FN5O4. The highest BCUT2D eigenvalue weighted by molar-refractivity contribution is 5.94. The summed E-state index contributed by atoms with van der Waals surface area (Å²) in [5.41, 5.74) is 1.60. The van der Waals surface area contributed by atoms with Crippen molar-refractivity contribution in [2.24, 2.45) is 0 Å². The molecule has 1 N–H and O–H groups in total. The van der Waals surface area contributed by atoms with Crippen LogP contribution in [-0.2, 0) is 0 Å². The van der Waals surface area contributed by atoms with E-state index < -0.39 is 5.82 Å². The Hall–Kier alpha value is -4.21. The van der Waals surface area contributed by atoms with Gasteiger partial charge >= 0.3 is 0 Å². The van der Waals surface area contributed by atoms with Gasteiger partial charge in [0.25, 0.3) is 5.91 Å². The summed E-state index contributed by atoms with van der Waals surface area (Å²) in [6, 6.07) is 14.1. The predicted octanol–water partition coefficient (Wildman–Crippen LogP) is 2.76. The molecule has 0 aliphatic heterocycles. The standard InChI is InChI=1S/C22H20FN5O4/c1-30-16-7-8-17(18(13-16)31-2)21-26-25-19-9-10-20(27-28(19)21)32-12-11-24-22(29)14-3-5-15(23)6-4-14/h3-10,13H,11-12H2,1-2H3,(H,24,29). The quantitative estimate of drug-likeness (QED) is 0.423. The molecule has 0 saturated heterocycles. The zero-order valence-corrected chi connectivity index (χ0v) is 17.4. The minimum atomic E-state index is -0.396. The molecule has 0 spiro atoms. The number of fused-ring (bicyclic) bond motifs is 1. The highest BCUT2D eigenvalue weighted by atomic mass is 19.1. The summed E-state index contributed by atoms with van der Waals surface area (Å²) >= 11 is 0. The molecule has 164 valence electrons. The minimum absolute atomic E-state index is 0.189. The SMILES string of the molecule is COc1ccc(-c2nnc3ccc(OCCNC(=O)c4ccc(F)cc4)nn23)c(OC)c1. The summed E-state index contributed by atoms with van der Waals surface area (Å²) in [5, 5.41) is 15.5. The third-order valence-corrected chi connectivity index (χ3v) is 4.63. The number of nitrogens with one attached hydrogen (secondary N) is 1. The van der Waals surface area contributed by atoms with E-state index in [2.05, 4.69) is 20.6 Å². The fourth-order valence-corrected chi connectivity index (χ4v) is 3.02. The third-order valence-electron chi connectivity index (χ3n) is 4.63. The number of rotatable bonds is 8. The fourth-order valence-electron chi connectivity index (χ4n) is 3.02. The molecule has 0 aliphatic rings. The topological polar surface area (TPSA) is 99.9 Å². The second kappa shape index (κ2) is 9.29. The number of aromatic nitrogens is 4. The van der Waals surface area contributed by atoms with Crippen LogP contribution in [0.2, 0.25) is 0 Å². The van der Waals surface area contributed by atoms with Gasteiger partial charge in [-0.15, -0.1) is 15.3 Å². The van der Waals surface area contributed by atoms with Gasteiger partial charge in [-0.3, -0.25) is 4.79 Å². The Morgan fingerprint density at radius 2 is 1.84 bits per heavy atom. The monoisotopic (exact) mass is 437 g/mol. The van der Waals surface area contributed by atoms with E-state index in [0.717, 1.165) is 0 Å². The van der Waals surface area contributed by atoms with Crippen molar-refractivity contribution in [1.82, 2.24) is 25.1 Å². The molecule has 0 fully saturated rings. The van der Waals surface area contributed by atoms with Crippen molar-refractivity contribution in [1.29, 1.82) is 0 Å². The number of carbonyl (C=O) groups is 1. The maximum Gasteiger partial charge on any atom is 0.251 e. The van der Waals surface area contributed by atoms with Gasteiger partial charge in [-0.05, 0) is 42.5 Å². The first kappa shape index (κ1) is 21.0. The third kappa shape index (κ3) is 4.43. The molecule has 1 amide bonds. The number of nitrogens with zero attached hydrogens (tertiary/aromatic N) is 4. The Kier molecular flexibility index (Phi) is 6.11. The Morgan fingerprint density at radius 1 is 1.03 bits per heavy atom. The first-order valence-electron chi connectivity index (χ1n) is 9.70. The Bertz CT molecular complexity index is 1240. The zero-order valence-electron chi connectivity index (χ0n) is 17.4. The van der Waals surface area contributed by atoms with Gasteiger partial charge in [0.05, 0.1) is 26.3 Å². The largest absolute Gasteiger partial charge is 0.497 e. The van der Waals surface area contributed by atoms with Crippen LogP contribution in [0, 0.1) is 5.82 Å². The predicted molar refractivity (Wildman–Crippen MR) is 114 cm³/mol. The van der Waals surface area contributed by atoms with Crippen molar-refractivity contribution >= 4 is 11.6 Å². The van der Waals surface area contributed by atoms with Crippen LogP contribution in [0.5, 0.6) is 17.4 Å². The van der Waals surface area contributed by atoms with Crippen LogP contribution in [0.4, 0.5) is 4.39 Å². The van der Waals surface area contributed by atoms with Crippen molar-refractivity contribution in [3.63, 3.8) is 0 Å². The molecule has 4 aromatic rings. The summed E-state index contributed by atoms with van der Waals surface area (Å²) < 4.78 is 30.9. The van der Waals surface area contributed by atoms with Gasteiger partial charge in [0.15, 0.2) is 11.5 Å². The van der Waals surface area contributed by atoms with Gasteiger partial charge in [-0.25, -0.2) is 4.39 Å². The molecule has 2 aromatic carbocycles. The van der Waals surface area contributed by atoms with Gasteiger partial charge in [-0.2, -0.15) is 4.52 Å². The van der Waals surface area contributed by atoms with Gasteiger partial charge < -0.3 is 19.5 Å². The lowest BCUT2D eigenvalue weighted by Crippen LogP contribution is -2.28. The maximum absolute atomic E-state index is 13.0. The van der Waals surface area contributed by atoms with Crippen molar-refractivity contribution in [3.8, 4) is 28.8 Å². The van der Waals surface area contributed by atoms with Crippen LogP contribution in [0.1, 0.15) is 10.4 Å². The van der Waals surface area contributed by atoms with E-state index in [1.165, 1.54) is 24.3 Å². The minimum Gasteiger partial charge on any atom is -0.497 e. The van der Waals surface area contributed by atoms with E-state index in [1.54, 1.807) is 43.0 Å². The molecule has 32 heavy (non-hydrogen) atoms. The number of benzene rings is 2. The van der Waals surface area contributed by atoms with Gasteiger partial charge in [0.1, 0.15) is 23.9 Å². The second-order valence-corrected chi connectivity index (χ2v) is 6.64. The van der Waals surface area contributed by atoms with E-state index in [4.69, 9.17) is 14.2 Å². The number of halogens is 1. The fraction of sp³-hybridized carbons (Fsp3) is 0.182. The highest BCUT2D eigenvalue weighted by Crippen LogP contribution is 2.32. The zero-order chi connectivity index (χ0) is 22.5. The highest BCUT2D eigenvalue weighted by Gasteiger charge is 2.16. The van der Waals surface area contributed by atoms with Crippen LogP contribution >= 0.6 is 0 Å². The number of hydrogen-bond acceptors (Lipinski definition) is 7. The lowest BCUT2D eigenvalue weighted by molar-refractivity contribution is 0.0946. The Balaban J connectivity index is 1.45. The summed E-state index contributed by atoms with van der Waals surface area (Å²) in [6.07, 6.45) is 0. The first-order valence-corrected chi connectivity index (χ1v) is 9.70. The van der Waals surface area contributed by atoms with E-state index >= 15 is 0 Å². The van der Waals surface area contributed by atoms with Gasteiger partial charge in [0, 0.05) is 17.7 Å². The van der Waals surface area contributed by atoms with Crippen LogP contribution in [0.25, 0.3) is 17.0 Å². The van der Waals surface area contributed by atoms with Crippen molar-refractivity contribution in [2.75, 3.05) is 27.4 Å². The van der Waals surface area contributed by atoms with Crippen LogP contribution in [0.15, 0.2) is 54.6 Å². The molecule has 2 aromatic heterocycles. The maximum atomic E-state index is 13.0. The average Bonchev–Trinajstić information content (AvgIpc) is 3.24. The lowest BCUT2D eigenvalue weighted by atomic mass is 10.2. The number of hydrogen-bond donors (Lipinski definition) is 1. The molecule has 0 bridgehead atoms. The number of amides is 1. The molecular weight excluding hydrogens is 417 g/mol. The number of ether oxygens (including phenoxy) is 3. The summed E-state index contributed by atoms with van der Waals surface area (Å²) in [7, 11) is 3.14. The normalized spacial score (nSPS) is 10.7. The summed E-state index contributed by atoms with van der Waals surface area (Å²) in [5.74, 6) is 1.32. The molecule has 9 nitrogen and oxygen atoms in total. The van der Waals surface area contributed by atoms with Crippen molar-refractivity contribution in [2.45, 2.75) is 0 Å². The molecule has 10 heteroatoms. The van der Waals surface area contributed by atoms with E-state index in [9.17, 15) is 9.18 Å². The van der Waals surface area contributed by atoms with Gasteiger partial charge in [-0.1, -0.05) is 0 Å². The van der Waals surface area contributed by atoms with Crippen LogP contribution < -0.4 is 19.5 Å². The molecule has 0 atom stereocenters. The van der Waals surface area contributed by atoms with Gasteiger partial charge in [0.2, 0.25) is 5.88 Å². The molecule has 0 unspecified atom stereocenters. The number of carbonyl (C=O) groups excluding carboxylic acids is 1. The number of methoxy groups -OCH3 is 2. The summed E-state index contributed by atoms with van der Waals surface area (Å²) in [6.45, 7) is 0.437.